The summed E-state index contributed by atoms with van der Waals surface area (Å²) in [5.41, 5.74) is 1.70. The van der Waals surface area contributed by atoms with Crippen LogP contribution in [0.5, 0.6) is 0 Å². The molecule has 0 fully saturated rings. The summed E-state index contributed by atoms with van der Waals surface area (Å²) < 4.78 is 5.44. The summed E-state index contributed by atoms with van der Waals surface area (Å²) in [6, 6.07) is 10.8. The summed E-state index contributed by atoms with van der Waals surface area (Å²) in [5, 5.41) is 1.02. The van der Waals surface area contributed by atoms with E-state index in [-0.39, 0.29) is 5.41 Å². The average molecular weight is 299 g/mol. The maximum atomic E-state index is 5.44. The number of benzene rings is 1. The predicted molar refractivity (Wildman–Crippen MR) is 77.9 cm³/mol. The Morgan fingerprint density at radius 2 is 1.88 bits per heavy atom. The van der Waals surface area contributed by atoms with Gasteiger partial charge < -0.3 is 4.74 Å². The molecule has 0 aliphatic rings. The van der Waals surface area contributed by atoms with Crippen LogP contribution in [0, 0.1) is 0 Å². The predicted octanol–water partition coefficient (Wildman–Crippen LogP) is 4.55. The molecule has 1 atom stereocenters. The fourth-order valence-corrected chi connectivity index (χ4v) is 3.21. The minimum atomic E-state index is 0.262. The van der Waals surface area contributed by atoms with E-state index in [1.165, 1.54) is 12.0 Å². The maximum absolute atomic E-state index is 5.44. The normalized spacial score (nSPS) is 14.5. The maximum Gasteiger partial charge on any atom is 0.0466 e. The van der Waals surface area contributed by atoms with E-state index < -0.39 is 0 Å². The fraction of sp³-hybridized carbons (Fsp3) is 0.600. The molecule has 0 bridgehead atoms. The van der Waals surface area contributed by atoms with Crippen molar-refractivity contribution in [3.8, 4) is 0 Å². The van der Waals surface area contributed by atoms with E-state index >= 15 is 0 Å². The van der Waals surface area contributed by atoms with Crippen LogP contribution >= 0.6 is 15.9 Å². The van der Waals surface area contributed by atoms with E-state index in [9.17, 15) is 0 Å². The summed E-state index contributed by atoms with van der Waals surface area (Å²) in [6.45, 7) is 6.01. The van der Waals surface area contributed by atoms with Gasteiger partial charge in [0.05, 0.1) is 0 Å². The molecule has 0 aliphatic carbocycles. The van der Waals surface area contributed by atoms with Crippen molar-refractivity contribution < 1.29 is 4.74 Å². The van der Waals surface area contributed by atoms with Crippen molar-refractivity contribution in [2.45, 2.75) is 38.5 Å². The molecule has 0 amide bonds. The lowest BCUT2D eigenvalue weighted by Gasteiger charge is -2.31. The zero-order valence-corrected chi connectivity index (χ0v) is 12.5. The van der Waals surface area contributed by atoms with Crippen molar-refractivity contribution in [1.82, 2.24) is 0 Å². The van der Waals surface area contributed by atoms with Gasteiger partial charge in [0.25, 0.3) is 0 Å². The molecule has 1 aromatic carbocycles. The van der Waals surface area contributed by atoms with Crippen LogP contribution in [0.15, 0.2) is 30.3 Å². The van der Waals surface area contributed by atoms with Crippen LogP contribution in [0.3, 0.4) is 0 Å². The van der Waals surface area contributed by atoms with Crippen LogP contribution < -0.4 is 0 Å². The van der Waals surface area contributed by atoms with E-state index in [0.29, 0.717) is 0 Å². The monoisotopic (exact) mass is 298 g/mol. The Hall–Kier alpha value is -0.340. The van der Waals surface area contributed by atoms with Crippen molar-refractivity contribution >= 4 is 15.9 Å². The summed E-state index contributed by atoms with van der Waals surface area (Å²) in [6.07, 6.45) is 3.47. The Morgan fingerprint density at radius 3 is 2.41 bits per heavy atom. The Kier molecular flexibility index (Phi) is 6.83. The standard InChI is InChI=1S/C15H23BrO/c1-3-15(13-16,11-8-12-17-4-2)14-9-6-5-7-10-14/h5-7,9-10H,3-4,8,11-13H2,1-2H3. The highest BCUT2D eigenvalue weighted by Gasteiger charge is 2.28. The molecule has 1 aromatic rings. The van der Waals surface area contributed by atoms with Gasteiger partial charge in [0.2, 0.25) is 0 Å². The van der Waals surface area contributed by atoms with Crippen molar-refractivity contribution in [3.05, 3.63) is 35.9 Å². The molecular formula is C15H23BrO. The molecule has 1 unspecified atom stereocenters. The SMILES string of the molecule is CCOCCCC(CC)(CBr)c1ccccc1. The van der Waals surface area contributed by atoms with Crippen molar-refractivity contribution in [3.63, 3.8) is 0 Å². The molecule has 0 spiro atoms. The molecule has 0 aliphatic heterocycles. The Labute approximate surface area is 114 Å². The van der Waals surface area contributed by atoms with E-state index in [4.69, 9.17) is 4.74 Å². The molecule has 0 saturated heterocycles. The highest BCUT2D eigenvalue weighted by molar-refractivity contribution is 9.09. The number of ether oxygens (including phenoxy) is 1. The van der Waals surface area contributed by atoms with Crippen LogP contribution in [0.4, 0.5) is 0 Å². The van der Waals surface area contributed by atoms with Crippen molar-refractivity contribution in [2.75, 3.05) is 18.5 Å². The first-order valence-corrected chi connectivity index (χ1v) is 7.60. The molecular weight excluding hydrogens is 276 g/mol. The van der Waals surface area contributed by atoms with Crippen LogP contribution in [-0.2, 0) is 10.2 Å². The lowest BCUT2D eigenvalue weighted by molar-refractivity contribution is 0.137. The van der Waals surface area contributed by atoms with Gasteiger partial charge >= 0.3 is 0 Å². The zero-order valence-electron chi connectivity index (χ0n) is 10.9. The number of hydrogen-bond donors (Lipinski definition) is 0. The topological polar surface area (TPSA) is 9.23 Å². The third kappa shape index (κ3) is 4.11. The minimum Gasteiger partial charge on any atom is -0.382 e. The Bertz CT molecular complexity index is 293. The molecule has 1 nitrogen and oxygen atoms in total. The van der Waals surface area contributed by atoms with E-state index in [0.717, 1.165) is 31.4 Å². The lowest BCUT2D eigenvalue weighted by atomic mass is 9.76. The molecule has 17 heavy (non-hydrogen) atoms. The van der Waals surface area contributed by atoms with Crippen LogP contribution in [0.1, 0.15) is 38.7 Å². The van der Waals surface area contributed by atoms with Gasteiger partial charge in [0.1, 0.15) is 0 Å². The van der Waals surface area contributed by atoms with E-state index in [1.807, 2.05) is 0 Å². The molecule has 96 valence electrons. The molecule has 0 heterocycles. The van der Waals surface area contributed by atoms with Gasteiger partial charge in [-0.05, 0) is 31.7 Å². The van der Waals surface area contributed by atoms with Crippen LogP contribution in [0.2, 0.25) is 0 Å². The van der Waals surface area contributed by atoms with Crippen LogP contribution in [0.25, 0.3) is 0 Å². The third-order valence-electron chi connectivity index (χ3n) is 3.47. The second-order valence-corrected chi connectivity index (χ2v) is 4.99. The van der Waals surface area contributed by atoms with E-state index in [1.54, 1.807) is 0 Å². The van der Waals surface area contributed by atoms with Gasteiger partial charge in [-0.1, -0.05) is 53.2 Å². The summed E-state index contributed by atoms with van der Waals surface area (Å²) in [7, 11) is 0. The summed E-state index contributed by atoms with van der Waals surface area (Å²) in [4.78, 5) is 0. The Morgan fingerprint density at radius 1 is 1.18 bits per heavy atom. The van der Waals surface area contributed by atoms with Crippen molar-refractivity contribution in [1.29, 1.82) is 0 Å². The number of rotatable bonds is 8. The van der Waals surface area contributed by atoms with Gasteiger partial charge in [-0.3, -0.25) is 0 Å². The van der Waals surface area contributed by atoms with Crippen molar-refractivity contribution in [2.24, 2.45) is 0 Å². The molecule has 1 rings (SSSR count). The quantitative estimate of drug-likeness (QED) is 0.505. The number of hydrogen-bond acceptors (Lipinski definition) is 1. The average Bonchev–Trinajstić information content (AvgIpc) is 2.41. The largest absolute Gasteiger partial charge is 0.382 e. The smallest absolute Gasteiger partial charge is 0.0466 e. The highest BCUT2D eigenvalue weighted by Crippen LogP contribution is 2.34. The first-order chi connectivity index (χ1) is 8.29. The van der Waals surface area contributed by atoms with Gasteiger partial charge in [-0.25, -0.2) is 0 Å². The minimum absolute atomic E-state index is 0.262. The third-order valence-corrected chi connectivity index (χ3v) is 4.54. The van der Waals surface area contributed by atoms with Gasteiger partial charge in [-0.2, -0.15) is 0 Å². The van der Waals surface area contributed by atoms with Gasteiger partial charge in [-0.15, -0.1) is 0 Å². The molecule has 2 heteroatoms. The molecule has 0 saturated carbocycles. The molecule has 0 aromatic heterocycles. The van der Waals surface area contributed by atoms with Gasteiger partial charge in [0.15, 0.2) is 0 Å². The second kappa shape index (κ2) is 7.88. The zero-order chi connectivity index (χ0) is 12.6. The van der Waals surface area contributed by atoms with Crippen LogP contribution in [-0.4, -0.2) is 18.5 Å². The Balaban J connectivity index is 2.68. The van der Waals surface area contributed by atoms with Gasteiger partial charge in [0, 0.05) is 24.0 Å². The first kappa shape index (κ1) is 14.7. The van der Waals surface area contributed by atoms with E-state index in [2.05, 4.69) is 60.1 Å². The first-order valence-electron chi connectivity index (χ1n) is 6.48. The molecule has 0 N–H and O–H groups in total. The highest BCUT2D eigenvalue weighted by atomic mass is 79.9. The summed E-state index contributed by atoms with van der Waals surface area (Å²) >= 11 is 3.70. The lowest BCUT2D eigenvalue weighted by Crippen LogP contribution is -2.27. The fourth-order valence-electron chi connectivity index (χ4n) is 2.21. The number of halogens is 1. The summed E-state index contributed by atoms with van der Waals surface area (Å²) in [5.74, 6) is 0. The molecule has 0 radical (unpaired) electrons. The number of alkyl halides is 1. The second-order valence-electron chi connectivity index (χ2n) is 4.43.